The Morgan fingerprint density at radius 1 is 0.369 bits per heavy atom. The highest BCUT2D eigenvalue weighted by atomic mass is 15.2. The average molecular weight is 828 g/mol. The molecule has 10 aromatic rings. The zero-order chi connectivity index (χ0) is 42.9. The maximum absolute atomic E-state index is 5.05. The summed E-state index contributed by atoms with van der Waals surface area (Å²) in [6.45, 7) is 0. The predicted octanol–water partition coefficient (Wildman–Crippen LogP) is 14.7. The van der Waals surface area contributed by atoms with Gasteiger partial charge in [0.25, 0.3) is 0 Å². The van der Waals surface area contributed by atoms with Crippen LogP contribution in [0.2, 0.25) is 0 Å². The van der Waals surface area contributed by atoms with E-state index in [1.165, 1.54) is 77.5 Å². The molecule has 0 radical (unpaired) electrons. The molecule has 0 fully saturated rings. The summed E-state index contributed by atoms with van der Waals surface area (Å²) in [7, 11) is 0. The van der Waals surface area contributed by atoms with E-state index in [0.29, 0.717) is 0 Å². The van der Waals surface area contributed by atoms with E-state index < -0.39 is 5.41 Å². The number of hydrogen-bond donors (Lipinski definition) is 1. The summed E-state index contributed by atoms with van der Waals surface area (Å²) in [6, 6.07) is 86.2. The summed E-state index contributed by atoms with van der Waals surface area (Å²) in [5.74, 6) is 1.53. The molecule has 1 N–H and O–H groups in total. The summed E-state index contributed by atoms with van der Waals surface area (Å²) in [4.78, 5) is 10.1. The molecule has 1 unspecified atom stereocenters. The SMILES string of the molecule is c1ccc(C2=NC(c3ccccc3)NC(c3ccc(-c4cccc(-c5ccc6c(c5)C5(c7ccccc7-c7ccccc75)c5c-6c(-c6ccccc6)cc6ccccc56)c4)cc3)=N2)cc1. The number of benzene rings is 10. The van der Waals surface area contributed by atoms with Gasteiger partial charge in [0.15, 0.2) is 5.84 Å². The van der Waals surface area contributed by atoms with Crippen molar-refractivity contribution in [3.63, 3.8) is 0 Å². The fourth-order valence-corrected chi connectivity index (χ4v) is 10.9. The molecule has 0 amide bonds. The Labute approximate surface area is 378 Å². The summed E-state index contributed by atoms with van der Waals surface area (Å²) >= 11 is 0. The predicted molar refractivity (Wildman–Crippen MR) is 268 cm³/mol. The van der Waals surface area contributed by atoms with Gasteiger partial charge in [-0.05, 0) is 112 Å². The van der Waals surface area contributed by atoms with Gasteiger partial charge in [-0.25, -0.2) is 9.98 Å². The van der Waals surface area contributed by atoms with Gasteiger partial charge >= 0.3 is 0 Å². The first-order valence-corrected chi connectivity index (χ1v) is 22.4. The molecule has 1 heterocycles. The van der Waals surface area contributed by atoms with E-state index in [1.807, 2.05) is 24.3 Å². The van der Waals surface area contributed by atoms with Crippen molar-refractivity contribution < 1.29 is 0 Å². The highest BCUT2D eigenvalue weighted by Crippen LogP contribution is 2.65. The van der Waals surface area contributed by atoms with Crippen molar-refractivity contribution in [1.29, 1.82) is 0 Å². The molecule has 65 heavy (non-hydrogen) atoms. The van der Waals surface area contributed by atoms with Gasteiger partial charge in [-0.1, -0.05) is 218 Å². The van der Waals surface area contributed by atoms with E-state index in [4.69, 9.17) is 9.98 Å². The Morgan fingerprint density at radius 3 is 1.65 bits per heavy atom. The standard InChI is InChI=1S/C62H41N3/c1-4-17-41(18-5-1)53-38-48-23-10-11-26-49(48)58-57(53)52-36-35-47(39-56(52)62(58)54-29-14-12-27-50(54)51-28-13-15-30-55(51)62)46-25-16-24-45(37-46)40-31-33-44(34-32-40)61-64-59(42-19-6-2-7-20-42)63-60(65-61)43-21-8-3-9-22-43/h1-39,59H,(H,63,64,65). The Kier molecular flexibility index (Phi) is 8.50. The molecular weight excluding hydrogens is 787 g/mol. The third-order valence-corrected chi connectivity index (χ3v) is 13.7. The van der Waals surface area contributed by atoms with E-state index in [1.54, 1.807) is 0 Å². The molecule has 3 nitrogen and oxygen atoms in total. The number of fused-ring (bicyclic) bond motifs is 12. The van der Waals surface area contributed by atoms with Crippen molar-refractivity contribution in [1.82, 2.24) is 5.32 Å². The smallest absolute Gasteiger partial charge is 0.159 e. The molecule has 3 heteroatoms. The van der Waals surface area contributed by atoms with Crippen LogP contribution in [0.3, 0.4) is 0 Å². The van der Waals surface area contributed by atoms with Crippen LogP contribution in [0, 0.1) is 0 Å². The van der Waals surface area contributed by atoms with Crippen LogP contribution in [-0.2, 0) is 5.41 Å². The van der Waals surface area contributed by atoms with Gasteiger partial charge in [-0.3, -0.25) is 0 Å². The molecule has 13 rings (SSSR count). The van der Waals surface area contributed by atoms with E-state index in [9.17, 15) is 0 Å². The van der Waals surface area contributed by atoms with E-state index in [-0.39, 0.29) is 6.17 Å². The van der Waals surface area contributed by atoms with Crippen molar-refractivity contribution >= 4 is 22.4 Å². The molecule has 0 saturated carbocycles. The molecule has 2 aliphatic carbocycles. The minimum atomic E-state index is -0.508. The van der Waals surface area contributed by atoms with Crippen LogP contribution < -0.4 is 5.32 Å². The topological polar surface area (TPSA) is 36.8 Å². The number of nitrogens with one attached hydrogen (secondary N) is 1. The number of rotatable bonds is 6. The Hall–Kier alpha value is -8.40. The summed E-state index contributed by atoms with van der Waals surface area (Å²) in [5, 5.41) is 6.17. The molecule has 1 atom stereocenters. The Bertz CT molecular complexity index is 3510. The third kappa shape index (κ3) is 5.82. The van der Waals surface area contributed by atoms with Gasteiger partial charge in [-0.15, -0.1) is 0 Å². The lowest BCUT2D eigenvalue weighted by Crippen LogP contribution is -2.33. The van der Waals surface area contributed by atoms with E-state index >= 15 is 0 Å². The number of hydrogen-bond acceptors (Lipinski definition) is 3. The van der Waals surface area contributed by atoms with Crippen LogP contribution in [0.25, 0.3) is 66.4 Å². The molecule has 0 aromatic heterocycles. The monoisotopic (exact) mass is 827 g/mol. The Balaban J connectivity index is 0.937. The summed E-state index contributed by atoms with van der Waals surface area (Å²) in [6.07, 6.45) is -0.246. The number of aliphatic imine (C=N–C) groups is 2. The lowest BCUT2D eigenvalue weighted by molar-refractivity contribution is 0.674. The van der Waals surface area contributed by atoms with Gasteiger partial charge in [0, 0.05) is 11.1 Å². The molecule has 1 aliphatic heterocycles. The minimum absolute atomic E-state index is 0.246. The first kappa shape index (κ1) is 37.2. The molecule has 3 aliphatic rings. The zero-order valence-corrected chi connectivity index (χ0v) is 35.5. The van der Waals surface area contributed by atoms with Crippen molar-refractivity contribution in [3.05, 3.63) is 276 Å². The van der Waals surface area contributed by atoms with Crippen molar-refractivity contribution in [2.75, 3.05) is 0 Å². The second-order valence-electron chi connectivity index (χ2n) is 17.3. The summed E-state index contributed by atoms with van der Waals surface area (Å²) in [5.41, 5.74) is 20.4. The van der Waals surface area contributed by atoms with Crippen molar-refractivity contribution in [2.24, 2.45) is 9.98 Å². The second kappa shape index (κ2) is 14.9. The largest absolute Gasteiger partial charge is 0.344 e. The maximum Gasteiger partial charge on any atom is 0.159 e. The van der Waals surface area contributed by atoms with Crippen molar-refractivity contribution in [2.45, 2.75) is 11.6 Å². The lowest BCUT2D eigenvalue weighted by Gasteiger charge is -2.32. The molecule has 0 saturated heterocycles. The van der Waals surface area contributed by atoms with Crippen LogP contribution in [0.15, 0.2) is 247 Å². The Morgan fingerprint density at radius 2 is 0.923 bits per heavy atom. The number of nitrogens with zero attached hydrogens (tertiary/aromatic N) is 2. The normalized spacial score (nSPS) is 15.0. The average Bonchev–Trinajstić information content (AvgIpc) is 3.87. The third-order valence-electron chi connectivity index (χ3n) is 13.7. The highest BCUT2D eigenvalue weighted by Gasteiger charge is 2.53. The van der Waals surface area contributed by atoms with Gasteiger partial charge in [0.05, 0.1) is 5.41 Å². The maximum atomic E-state index is 5.05. The second-order valence-corrected chi connectivity index (χ2v) is 17.3. The van der Waals surface area contributed by atoms with Crippen LogP contribution in [0.5, 0.6) is 0 Å². The quantitative estimate of drug-likeness (QED) is 0.178. The van der Waals surface area contributed by atoms with Crippen LogP contribution >= 0.6 is 0 Å². The molecule has 10 aromatic carbocycles. The van der Waals surface area contributed by atoms with Crippen molar-refractivity contribution in [3.8, 4) is 55.6 Å². The number of amidine groups is 2. The first-order valence-electron chi connectivity index (χ1n) is 22.4. The fraction of sp³-hybridized carbons (Fsp3) is 0.0323. The van der Waals surface area contributed by atoms with Crippen LogP contribution in [0.1, 0.15) is 45.1 Å². The van der Waals surface area contributed by atoms with E-state index in [0.717, 1.165) is 39.5 Å². The molecular formula is C62H41N3. The van der Waals surface area contributed by atoms with Gasteiger partial charge in [0.1, 0.15) is 12.0 Å². The van der Waals surface area contributed by atoms with Gasteiger partial charge in [0.2, 0.25) is 0 Å². The van der Waals surface area contributed by atoms with Gasteiger partial charge < -0.3 is 5.32 Å². The fourth-order valence-electron chi connectivity index (χ4n) is 10.9. The summed E-state index contributed by atoms with van der Waals surface area (Å²) < 4.78 is 0. The lowest BCUT2D eigenvalue weighted by atomic mass is 9.69. The molecule has 304 valence electrons. The first-order chi connectivity index (χ1) is 32.2. The molecule has 0 bridgehead atoms. The van der Waals surface area contributed by atoms with Gasteiger partial charge in [-0.2, -0.15) is 0 Å². The van der Waals surface area contributed by atoms with Crippen LogP contribution in [0.4, 0.5) is 0 Å². The highest BCUT2D eigenvalue weighted by molar-refractivity contribution is 6.13. The zero-order valence-electron chi connectivity index (χ0n) is 35.5. The van der Waals surface area contributed by atoms with E-state index in [2.05, 4.69) is 218 Å². The van der Waals surface area contributed by atoms with Crippen LogP contribution in [-0.4, -0.2) is 11.7 Å². The minimum Gasteiger partial charge on any atom is -0.344 e. The molecule has 1 spiro atoms.